The van der Waals surface area contributed by atoms with Gasteiger partial charge >= 0.3 is 5.97 Å². The molecule has 0 saturated carbocycles. The number of carboxylic acid groups (broad SMARTS) is 1. The van der Waals surface area contributed by atoms with Crippen LogP contribution in [0.25, 0.3) is 0 Å². The molecule has 19 heavy (non-hydrogen) atoms. The second kappa shape index (κ2) is 7.26. The molecule has 4 heteroatoms. The van der Waals surface area contributed by atoms with Gasteiger partial charge < -0.3 is 15.6 Å². The topological polar surface area (TPSA) is 72.5 Å². The van der Waals surface area contributed by atoms with Gasteiger partial charge in [0.1, 0.15) is 5.41 Å². The summed E-state index contributed by atoms with van der Waals surface area (Å²) < 4.78 is 5.29. The van der Waals surface area contributed by atoms with Crippen LogP contribution < -0.4 is 5.73 Å². The Morgan fingerprint density at radius 2 is 2.11 bits per heavy atom. The van der Waals surface area contributed by atoms with E-state index in [1.165, 1.54) is 0 Å². The molecule has 0 heterocycles. The SMILES string of the molecule is CCOCCCC(CN)(C(=O)O)c1ccccc1C. The summed E-state index contributed by atoms with van der Waals surface area (Å²) in [6.45, 7) is 5.16. The normalized spacial score (nSPS) is 14.1. The van der Waals surface area contributed by atoms with Gasteiger partial charge in [-0.3, -0.25) is 4.79 Å². The summed E-state index contributed by atoms with van der Waals surface area (Å²) in [5.41, 5.74) is 6.56. The van der Waals surface area contributed by atoms with Gasteiger partial charge in [-0.15, -0.1) is 0 Å². The number of aliphatic carboxylic acids is 1. The van der Waals surface area contributed by atoms with Crippen molar-refractivity contribution in [3.05, 3.63) is 35.4 Å². The number of hydrogen-bond donors (Lipinski definition) is 2. The molecule has 0 bridgehead atoms. The van der Waals surface area contributed by atoms with Crippen LogP contribution in [0.2, 0.25) is 0 Å². The standard InChI is InChI=1S/C15H23NO3/c1-3-19-10-6-9-15(11-16,14(17)18)13-8-5-4-7-12(13)2/h4-5,7-8H,3,6,9-11,16H2,1-2H3,(H,17,18). The Hall–Kier alpha value is -1.39. The third kappa shape index (κ3) is 3.55. The van der Waals surface area contributed by atoms with Crippen LogP contribution >= 0.6 is 0 Å². The van der Waals surface area contributed by atoms with Crippen molar-refractivity contribution in [3.8, 4) is 0 Å². The maximum atomic E-state index is 11.7. The molecule has 0 saturated heterocycles. The summed E-state index contributed by atoms with van der Waals surface area (Å²) in [6.07, 6.45) is 1.18. The molecular weight excluding hydrogens is 242 g/mol. The molecule has 1 rings (SSSR count). The van der Waals surface area contributed by atoms with E-state index in [0.717, 1.165) is 11.1 Å². The molecule has 1 unspecified atom stereocenters. The van der Waals surface area contributed by atoms with Gasteiger partial charge in [0.05, 0.1) is 0 Å². The molecule has 1 aromatic carbocycles. The van der Waals surface area contributed by atoms with Gasteiger partial charge in [-0.25, -0.2) is 0 Å². The Labute approximate surface area is 114 Å². The van der Waals surface area contributed by atoms with E-state index < -0.39 is 11.4 Å². The van der Waals surface area contributed by atoms with Gasteiger partial charge in [0.15, 0.2) is 0 Å². The molecule has 0 aromatic heterocycles. The Morgan fingerprint density at radius 1 is 1.42 bits per heavy atom. The minimum Gasteiger partial charge on any atom is -0.481 e. The molecule has 0 aliphatic heterocycles. The van der Waals surface area contributed by atoms with E-state index in [1.54, 1.807) is 0 Å². The lowest BCUT2D eigenvalue weighted by Gasteiger charge is -2.30. The van der Waals surface area contributed by atoms with Crippen LogP contribution in [0.4, 0.5) is 0 Å². The monoisotopic (exact) mass is 265 g/mol. The fourth-order valence-corrected chi connectivity index (χ4v) is 2.39. The molecule has 1 atom stereocenters. The lowest BCUT2D eigenvalue weighted by molar-refractivity contribution is -0.144. The number of rotatable bonds is 8. The van der Waals surface area contributed by atoms with E-state index in [2.05, 4.69) is 0 Å². The van der Waals surface area contributed by atoms with E-state index in [-0.39, 0.29) is 6.54 Å². The average molecular weight is 265 g/mol. The number of carbonyl (C=O) groups is 1. The van der Waals surface area contributed by atoms with E-state index in [4.69, 9.17) is 10.5 Å². The second-order valence-electron chi connectivity index (χ2n) is 4.71. The molecule has 0 fully saturated rings. The van der Waals surface area contributed by atoms with Crippen molar-refractivity contribution in [2.45, 2.75) is 32.1 Å². The lowest BCUT2D eigenvalue weighted by atomic mass is 9.75. The largest absolute Gasteiger partial charge is 0.481 e. The minimum absolute atomic E-state index is 0.0965. The third-order valence-electron chi connectivity index (χ3n) is 3.51. The lowest BCUT2D eigenvalue weighted by Crippen LogP contribution is -2.43. The van der Waals surface area contributed by atoms with Crippen LogP contribution in [0.15, 0.2) is 24.3 Å². The smallest absolute Gasteiger partial charge is 0.315 e. The first-order chi connectivity index (χ1) is 9.08. The van der Waals surface area contributed by atoms with E-state index >= 15 is 0 Å². The molecule has 0 aliphatic carbocycles. The highest BCUT2D eigenvalue weighted by Crippen LogP contribution is 2.31. The first-order valence-corrected chi connectivity index (χ1v) is 6.65. The predicted molar refractivity (Wildman–Crippen MR) is 75.3 cm³/mol. The first-order valence-electron chi connectivity index (χ1n) is 6.65. The van der Waals surface area contributed by atoms with Gasteiger partial charge in [-0.2, -0.15) is 0 Å². The Balaban J connectivity index is 2.99. The number of benzene rings is 1. The number of aryl methyl sites for hydroxylation is 1. The van der Waals surface area contributed by atoms with Gasteiger partial charge in [0, 0.05) is 19.8 Å². The Morgan fingerprint density at radius 3 is 2.63 bits per heavy atom. The summed E-state index contributed by atoms with van der Waals surface area (Å²) in [4.78, 5) is 11.7. The van der Waals surface area contributed by atoms with Crippen LogP contribution in [-0.4, -0.2) is 30.8 Å². The van der Waals surface area contributed by atoms with Crippen molar-refractivity contribution in [3.63, 3.8) is 0 Å². The molecule has 0 aliphatic rings. The Bertz CT molecular complexity index is 420. The maximum absolute atomic E-state index is 11.7. The molecule has 3 N–H and O–H groups in total. The van der Waals surface area contributed by atoms with Gasteiger partial charge in [-0.05, 0) is 37.8 Å². The van der Waals surface area contributed by atoms with Gasteiger partial charge in [-0.1, -0.05) is 24.3 Å². The minimum atomic E-state index is -1.01. The van der Waals surface area contributed by atoms with Crippen LogP contribution in [0, 0.1) is 6.92 Å². The zero-order valence-electron chi connectivity index (χ0n) is 11.7. The van der Waals surface area contributed by atoms with Crippen LogP contribution in [0.3, 0.4) is 0 Å². The van der Waals surface area contributed by atoms with Crippen LogP contribution in [0.1, 0.15) is 30.9 Å². The van der Waals surface area contributed by atoms with Crippen molar-refractivity contribution >= 4 is 5.97 Å². The summed E-state index contributed by atoms with van der Waals surface area (Å²) >= 11 is 0. The van der Waals surface area contributed by atoms with E-state index in [1.807, 2.05) is 38.1 Å². The van der Waals surface area contributed by atoms with E-state index in [9.17, 15) is 9.90 Å². The predicted octanol–water partition coefficient (Wildman–Crippen LogP) is 2.09. The second-order valence-corrected chi connectivity index (χ2v) is 4.71. The van der Waals surface area contributed by atoms with Crippen molar-refractivity contribution in [2.24, 2.45) is 5.73 Å². The maximum Gasteiger partial charge on any atom is 0.315 e. The van der Waals surface area contributed by atoms with Crippen molar-refractivity contribution < 1.29 is 14.6 Å². The number of ether oxygens (including phenoxy) is 1. The van der Waals surface area contributed by atoms with Crippen molar-refractivity contribution in [1.29, 1.82) is 0 Å². The molecule has 1 aromatic rings. The highest BCUT2D eigenvalue weighted by atomic mass is 16.5. The number of nitrogens with two attached hydrogens (primary N) is 1. The van der Waals surface area contributed by atoms with Gasteiger partial charge in [0.25, 0.3) is 0 Å². The zero-order chi connectivity index (χ0) is 14.3. The zero-order valence-corrected chi connectivity index (χ0v) is 11.7. The van der Waals surface area contributed by atoms with Crippen molar-refractivity contribution in [2.75, 3.05) is 19.8 Å². The highest BCUT2D eigenvalue weighted by Gasteiger charge is 2.39. The fourth-order valence-electron chi connectivity index (χ4n) is 2.39. The highest BCUT2D eigenvalue weighted by molar-refractivity contribution is 5.82. The number of hydrogen-bond acceptors (Lipinski definition) is 3. The molecule has 0 spiro atoms. The number of carboxylic acids is 1. The summed E-state index contributed by atoms with van der Waals surface area (Å²) in [5.74, 6) is -0.860. The fraction of sp³-hybridized carbons (Fsp3) is 0.533. The Kier molecular flexibility index (Phi) is 5.99. The molecule has 0 radical (unpaired) electrons. The van der Waals surface area contributed by atoms with Crippen LogP contribution in [-0.2, 0) is 14.9 Å². The summed E-state index contributed by atoms with van der Waals surface area (Å²) in [5, 5.41) is 9.64. The third-order valence-corrected chi connectivity index (χ3v) is 3.51. The first kappa shape index (κ1) is 15.7. The van der Waals surface area contributed by atoms with Crippen LogP contribution in [0.5, 0.6) is 0 Å². The molecule has 4 nitrogen and oxygen atoms in total. The van der Waals surface area contributed by atoms with Gasteiger partial charge in [0.2, 0.25) is 0 Å². The summed E-state index contributed by atoms with van der Waals surface area (Å²) in [6, 6.07) is 7.54. The summed E-state index contributed by atoms with van der Waals surface area (Å²) in [7, 11) is 0. The van der Waals surface area contributed by atoms with E-state index in [0.29, 0.717) is 26.1 Å². The average Bonchev–Trinajstić information content (AvgIpc) is 2.40. The quantitative estimate of drug-likeness (QED) is 0.706. The molecular formula is C15H23NO3. The molecule has 0 amide bonds. The van der Waals surface area contributed by atoms with Crippen molar-refractivity contribution in [1.82, 2.24) is 0 Å². The molecule has 106 valence electrons.